The van der Waals surface area contributed by atoms with Gasteiger partial charge in [-0.15, -0.1) is 0 Å². The number of nitrogens with zero attached hydrogens (tertiary/aromatic N) is 3. The van der Waals surface area contributed by atoms with E-state index in [0.29, 0.717) is 0 Å². The van der Waals surface area contributed by atoms with Crippen molar-refractivity contribution in [2.45, 2.75) is 0 Å². The van der Waals surface area contributed by atoms with E-state index in [9.17, 15) is 8.76 Å². The summed E-state index contributed by atoms with van der Waals surface area (Å²) in [6.45, 7) is 0. The van der Waals surface area contributed by atoms with E-state index in [1.165, 1.54) is 23.3 Å². The number of nitriles is 3. The molecular weight excluding hydrogens is 184 g/mol. The molecule has 0 bridgehead atoms. The monoisotopic (exact) mass is 189 g/mol. The molecular formula is C3H5N6O2S-. The summed E-state index contributed by atoms with van der Waals surface area (Å²) in [5.41, 5.74) is 8.31. The van der Waals surface area contributed by atoms with E-state index in [1.54, 1.807) is 0 Å². The molecule has 0 rings (SSSR count). The van der Waals surface area contributed by atoms with Crippen LogP contribution in [-0.2, 0) is 11.3 Å². The summed E-state index contributed by atoms with van der Waals surface area (Å²) in [6, 6.07) is 0. The van der Waals surface area contributed by atoms with Gasteiger partial charge in [-0.2, -0.15) is 15.8 Å². The van der Waals surface area contributed by atoms with E-state index >= 15 is 0 Å². The first-order valence-corrected chi connectivity index (χ1v) is 3.11. The summed E-state index contributed by atoms with van der Waals surface area (Å²) in [5.74, 6) is 0. The topological polar surface area (TPSA) is 176 Å². The highest BCUT2D eigenvalue weighted by atomic mass is 32.2. The predicted octanol–water partition coefficient (Wildman–Crippen LogP) is -2.30. The second-order valence-electron chi connectivity index (χ2n) is 0.707. The van der Waals surface area contributed by atoms with Gasteiger partial charge in [0.25, 0.3) is 0 Å². The predicted molar refractivity (Wildman–Crippen MR) is 37.3 cm³/mol. The first-order valence-electron chi connectivity index (χ1n) is 2.04. The Balaban J connectivity index is -0.000000115. The van der Waals surface area contributed by atoms with Gasteiger partial charge in [0, 0.05) is 0 Å². The molecule has 0 aromatic heterocycles. The van der Waals surface area contributed by atoms with Crippen molar-refractivity contribution in [3.63, 3.8) is 0 Å². The number of nitrogens with two attached hydrogens (primary N) is 2. The number of rotatable bonds is 1. The van der Waals surface area contributed by atoms with Crippen molar-refractivity contribution < 1.29 is 8.76 Å². The van der Waals surface area contributed by atoms with Crippen LogP contribution >= 0.6 is 0 Å². The average molecular weight is 189 g/mol. The molecule has 66 valence electrons. The smallest absolute Gasteiger partial charge is 0.188 e. The highest BCUT2D eigenvalue weighted by Gasteiger charge is 1.64. The molecule has 0 fully saturated rings. The fraction of sp³-hybridized carbons (Fsp3) is 0. The molecule has 0 aliphatic heterocycles. The van der Waals surface area contributed by atoms with Crippen LogP contribution in [0.1, 0.15) is 0 Å². The number of nitrogens with one attached hydrogen (secondary N) is 1. The molecule has 8 nitrogen and oxygen atoms in total. The van der Waals surface area contributed by atoms with E-state index in [-0.39, 0.29) is 0 Å². The Hall–Kier alpha value is -2.02. The summed E-state index contributed by atoms with van der Waals surface area (Å²) in [6.07, 6.45) is 3.70. The standard InChI is InChI=1S/CH2N2O2S.2CH2N2/c2-1-3-6(4)5;2*2-1-3/h3H,(H,4,5);2*2H2/p-1. The Morgan fingerprint density at radius 1 is 1.25 bits per heavy atom. The quantitative estimate of drug-likeness (QED) is 0.236. The molecule has 9 heteroatoms. The minimum Gasteiger partial charge on any atom is -0.755 e. The Morgan fingerprint density at radius 2 is 1.50 bits per heavy atom. The normalized spacial score (nSPS) is 7.17. The summed E-state index contributed by atoms with van der Waals surface area (Å²) in [4.78, 5) is 0. The Kier molecular flexibility index (Phi) is 31.7. The van der Waals surface area contributed by atoms with Crippen molar-refractivity contribution in [2.24, 2.45) is 11.5 Å². The highest BCUT2D eigenvalue weighted by Crippen LogP contribution is 1.51. The zero-order chi connectivity index (χ0) is 10.4. The van der Waals surface area contributed by atoms with Crippen LogP contribution in [0.2, 0.25) is 0 Å². The molecule has 0 aromatic rings. The summed E-state index contributed by atoms with van der Waals surface area (Å²) >= 11 is -2.43. The van der Waals surface area contributed by atoms with Crippen LogP contribution in [0.3, 0.4) is 0 Å². The molecule has 0 heterocycles. The largest absolute Gasteiger partial charge is 0.755 e. The third-order valence-electron chi connectivity index (χ3n) is 0.129. The third kappa shape index (κ3) is 405. The van der Waals surface area contributed by atoms with Crippen LogP contribution in [0.15, 0.2) is 0 Å². The van der Waals surface area contributed by atoms with E-state index in [1.807, 2.05) is 0 Å². The van der Waals surface area contributed by atoms with Crippen LogP contribution in [0.5, 0.6) is 0 Å². The Morgan fingerprint density at radius 3 is 1.50 bits per heavy atom. The van der Waals surface area contributed by atoms with Crippen molar-refractivity contribution in [1.29, 1.82) is 15.8 Å². The van der Waals surface area contributed by atoms with Crippen molar-refractivity contribution in [3.8, 4) is 18.6 Å². The lowest BCUT2D eigenvalue weighted by Gasteiger charge is -1.94. The van der Waals surface area contributed by atoms with E-state index in [0.717, 1.165) is 0 Å². The van der Waals surface area contributed by atoms with Gasteiger partial charge in [0.15, 0.2) is 18.6 Å². The van der Waals surface area contributed by atoms with Crippen LogP contribution in [0, 0.1) is 34.4 Å². The first-order chi connectivity index (χ1) is 5.60. The van der Waals surface area contributed by atoms with E-state index in [4.69, 9.17) is 15.8 Å². The molecule has 0 radical (unpaired) electrons. The maximum Gasteiger partial charge on any atom is 0.188 e. The molecule has 0 saturated heterocycles. The fourth-order valence-corrected chi connectivity index (χ4v) is 0.112. The Labute approximate surface area is 71.4 Å². The molecule has 1 atom stereocenters. The lowest BCUT2D eigenvalue weighted by Crippen LogP contribution is -2.07. The lowest BCUT2D eigenvalue weighted by atomic mass is 11.5. The van der Waals surface area contributed by atoms with Crippen molar-refractivity contribution >= 4 is 11.3 Å². The van der Waals surface area contributed by atoms with Crippen LogP contribution < -0.4 is 16.2 Å². The zero-order valence-corrected chi connectivity index (χ0v) is 6.54. The number of hydrogen-bond donors (Lipinski definition) is 3. The lowest BCUT2D eigenvalue weighted by molar-refractivity contribution is 0.532. The molecule has 5 N–H and O–H groups in total. The fourth-order valence-electron chi connectivity index (χ4n) is 0.0373. The second-order valence-corrected chi connectivity index (χ2v) is 1.38. The molecule has 0 aromatic carbocycles. The minimum atomic E-state index is -2.43. The summed E-state index contributed by atoms with van der Waals surface area (Å²) in [5, 5.41) is 21.7. The van der Waals surface area contributed by atoms with Gasteiger partial charge in [-0.05, 0) is 0 Å². The summed E-state index contributed by atoms with van der Waals surface area (Å²) in [7, 11) is 0. The third-order valence-corrected chi connectivity index (χ3v) is 0.387. The Bertz CT molecular complexity index is 208. The maximum atomic E-state index is 9.27. The molecule has 1 unspecified atom stereocenters. The zero-order valence-electron chi connectivity index (χ0n) is 5.72. The van der Waals surface area contributed by atoms with Gasteiger partial charge < -0.3 is 16.0 Å². The molecule has 0 amide bonds. The molecule has 0 spiro atoms. The second kappa shape index (κ2) is 23.1. The van der Waals surface area contributed by atoms with Gasteiger partial charge in [-0.25, -0.2) is 0 Å². The van der Waals surface area contributed by atoms with Crippen LogP contribution in [0.25, 0.3) is 0 Å². The van der Waals surface area contributed by atoms with Gasteiger partial charge in [0.1, 0.15) is 0 Å². The van der Waals surface area contributed by atoms with E-state index < -0.39 is 11.3 Å². The van der Waals surface area contributed by atoms with Gasteiger partial charge >= 0.3 is 0 Å². The molecule has 12 heavy (non-hydrogen) atoms. The number of hydrogen-bond acceptors (Lipinski definition) is 7. The maximum absolute atomic E-state index is 9.27. The highest BCUT2D eigenvalue weighted by molar-refractivity contribution is 7.77. The van der Waals surface area contributed by atoms with Crippen molar-refractivity contribution in [2.75, 3.05) is 0 Å². The molecule has 0 aliphatic carbocycles. The first kappa shape index (κ1) is 16.5. The van der Waals surface area contributed by atoms with Crippen molar-refractivity contribution in [3.05, 3.63) is 0 Å². The van der Waals surface area contributed by atoms with Gasteiger partial charge in [-0.3, -0.25) is 8.93 Å². The summed E-state index contributed by atoms with van der Waals surface area (Å²) < 4.78 is 20.0. The SMILES string of the molecule is N#CN.N#CN.N#CNS(=O)[O-]. The van der Waals surface area contributed by atoms with Crippen molar-refractivity contribution in [1.82, 2.24) is 4.72 Å². The van der Waals surface area contributed by atoms with E-state index in [2.05, 4.69) is 11.5 Å². The molecule has 0 aliphatic rings. The van der Waals surface area contributed by atoms with Crippen LogP contribution in [0.4, 0.5) is 0 Å². The molecule has 0 saturated carbocycles. The van der Waals surface area contributed by atoms with Gasteiger partial charge in [-0.1, -0.05) is 0 Å². The minimum absolute atomic E-state index is 1.20. The van der Waals surface area contributed by atoms with Gasteiger partial charge in [0.2, 0.25) is 0 Å². The average Bonchev–Trinajstić information content (AvgIpc) is 1.89. The van der Waals surface area contributed by atoms with Gasteiger partial charge in [0.05, 0.1) is 11.3 Å². The van der Waals surface area contributed by atoms with Crippen LogP contribution in [-0.4, -0.2) is 8.76 Å².